The van der Waals surface area contributed by atoms with Crippen molar-refractivity contribution >= 4 is 24.8 Å². The zero-order valence-electron chi connectivity index (χ0n) is 8.47. The van der Waals surface area contributed by atoms with E-state index in [1.54, 1.807) is 0 Å². The van der Waals surface area contributed by atoms with E-state index in [2.05, 4.69) is 13.8 Å². The quantitative estimate of drug-likeness (QED) is 0.640. The Kier molecular flexibility index (Phi) is 43.0. The lowest BCUT2D eigenvalue weighted by Gasteiger charge is -1.96. The molecule has 0 aliphatic heterocycles. The van der Waals surface area contributed by atoms with Gasteiger partial charge in [0.25, 0.3) is 0 Å². The summed E-state index contributed by atoms with van der Waals surface area (Å²) in [5.74, 6) is 0. The van der Waals surface area contributed by atoms with Gasteiger partial charge >= 0.3 is 0 Å². The number of rotatable bonds is 6. The second-order valence-corrected chi connectivity index (χ2v) is 2.77. The second kappa shape index (κ2) is 22.5. The standard InChI is InChI=1S/C9H20.2ClH.H3N/c1-3-5-7-9-8-6-4-2;;;/h3-9H2,1-2H3;2*1H;1H3. The van der Waals surface area contributed by atoms with E-state index in [1.807, 2.05) is 0 Å². The fourth-order valence-corrected chi connectivity index (χ4v) is 1.03. The van der Waals surface area contributed by atoms with Gasteiger partial charge in [0.05, 0.1) is 0 Å². The van der Waals surface area contributed by atoms with E-state index >= 15 is 0 Å². The van der Waals surface area contributed by atoms with Crippen LogP contribution in [0.1, 0.15) is 58.8 Å². The van der Waals surface area contributed by atoms with Crippen LogP contribution in [0.3, 0.4) is 0 Å². The lowest BCUT2D eigenvalue weighted by molar-refractivity contribution is 0.602. The number of halogens is 2. The summed E-state index contributed by atoms with van der Waals surface area (Å²) in [6, 6.07) is 0. The third kappa shape index (κ3) is 22.4. The molecule has 0 aromatic carbocycles. The summed E-state index contributed by atoms with van der Waals surface area (Å²) in [7, 11) is 0. The summed E-state index contributed by atoms with van der Waals surface area (Å²) in [6.45, 7) is 4.53. The van der Waals surface area contributed by atoms with E-state index in [-0.39, 0.29) is 31.0 Å². The van der Waals surface area contributed by atoms with Crippen molar-refractivity contribution in [1.82, 2.24) is 6.15 Å². The molecule has 0 aromatic heterocycles. The maximum Gasteiger partial charge on any atom is -0.0533 e. The van der Waals surface area contributed by atoms with Gasteiger partial charge in [-0.1, -0.05) is 58.8 Å². The molecule has 0 aromatic rings. The van der Waals surface area contributed by atoms with Crippen molar-refractivity contribution < 1.29 is 0 Å². The van der Waals surface area contributed by atoms with Crippen LogP contribution in [-0.4, -0.2) is 0 Å². The predicted octanol–water partition coefficient (Wildman–Crippen LogP) is 4.76. The van der Waals surface area contributed by atoms with Crippen LogP contribution in [0.5, 0.6) is 0 Å². The maximum atomic E-state index is 2.26. The van der Waals surface area contributed by atoms with Gasteiger partial charge in [0.2, 0.25) is 0 Å². The van der Waals surface area contributed by atoms with Crippen molar-refractivity contribution in [2.75, 3.05) is 0 Å². The third-order valence-corrected chi connectivity index (χ3v) is 1.71. The molecule has 0 saturated heterocycles. The molecule has 12 heavy (non-hydrogen) atoms. The molecule has 0 heterocycles. The monoisotopic (exact) mass is 217 g/mol. The van der Waals surface area contributed by atoms with Crippen LogP contribution in [-0.2, 0) is 0 Å². The Hall–Kier alpha value is 0.540. The van der Waals surface area contributed by atoms with Crippen LogP contribution in [0, 0.1) is 0 Å². The smallest absolute Gasteiger partial charge is 0.0533 e. The Morgan fingerprint density at radius 3 is 1.08 bits per heavy atom. The van der Waals surface area contributed by atoms with E-state index in [0.717, 1.165) is 0 Å². The van der Waals surface area contributed by atoms with Gasteiger partial charge in [0, 0.05) is 0 Å². The minimum atomic E-state index is 0. The van der Waals surface area contributed by atoms with Crippen LogP contribution in [0.25, 0.3) is 0 Å². The van der Waals surface area contributed by atoms with E-state index in [0.29, 0.717) is 0 Å². The van der Waals surface area contributed by atoms with E-state index in [1.165, 1.54) is 44.9 Å². The Morgan fingerprint density at radius 2 is 0.833 bits per heavy atom. The SMILES string of the molecule is CCCCCCCCC.Cl.Cl.N. The Morgan fingerprint density at radius 1 is 0.583 bits per heavy atom. The van der Waals surface area contributed by atoms with Gasteiger partial charge < -0.3 is 6.15 Å². The first-order chi connectivity index (χ1) is 4.41. The number of hydrogen-bond donors (Lipinski definition) is 1. The van der Waals surface area contributed by atoms with Crippen molar-refractivity contribution in [2.24, 2.45) is 0 Å². The van der Waals surface area contributed by atoms with Crippen LogP contribution in [0.15, 0.2) is 0 Å². The lowest BCUT2D eigenvalue weighted by Crippen LogP contribution is -1.76. The van der Waals surface area contributed by atoms with Gasteiger partial charge in [-0.3, -0.25) is 0 Å². The molecule has 3 heteroatoms. The lowest BCUT2D eigenvalue weighted by atomic mass is 10.1. The molecule has 0 aliphatic rings. The highest BCUT2D eigenvalue weighted by Crippen LogP contribution is 2.05. The van der Waals surface area contributed by atoms with E-state index in [4.69, 9.17) is 0 Å². The molecule has 1 nitrogen and oxygen atoms in total. The first kappa shape index (κ1) is 22.9. The van der Waals surface area contributed by atoms with Gasteiger partial charge in [0.15, 0.2) is 0 Å². The highest BCUT2D eigenvalue weighted by Gasteiger charge is 1.85. The van der Waals surface area contributed by atoms with Crippen molar-refractivity contribution in [1.29, 1.82) is 0 Å². The first-order valence-electron chi connectivity index (χ1n) is 4.41. The Bertz CT molecular complexity index is 45.8. The largest absolute Gasteiger partial charge is 0.344 e. The van der Waals surface area contributed by atoms with Gasteiger partial charge in [-0.05, 0) is 0 Å². The molecule has 0 aliphatic carbocycles. The molecule has 0 atom stereocenters. The van der Waals surface area contributed by atoms with Crippen molar-refractivity contribution in [3.8, 4) is 0 Å². The summed E-state index contributed by atoms with van der Waals surface area (Å²) in [5, 5.41) is 0. The third-order valence-electron chi connectivity index (χ3n) is 1.71. The van der Waals surface area contributed by atoms with Crippen molar-refractivity contribution in [3.63, 3.8) is 0 Å². The molecule has 0 unspecified atom stereocenters. The molecule has 80 valence electrons. The summed E-state index contributed by atoms with van der Waals surface area (Å²) in [5.41, 5.74) is 0. The van der Waals surface area contributed by atoms with Crippen LogP contribution >= 0.6 is 24.8 Å². The predicted molar refractivity (Wildman–Crippen MR) is 63.2 cm³/mol. The highest BCUT2D eigenvalue weighted by molar-refractivity contribution is 5.85. The molecule has 0 rings (SSSR count). The summed E-state index contributed by atoms with van der Waals surface area (Å²) < 4.78 is 0. The zero-order chi connectivity index (χ0) is 6.95. The van der Waals surface area contributed by atoms with Crippen LogP contribution in [0.2, 0.25) is 0 Å². The summed E-state index contributed by atoms with van der Waals surface area (Å²) in [4.78, 5) is 0. The Balaban J connectivity index is -0.000000107. The molecule has 0 saturated carbocycles. The van der Waals surface area contributed by atoms with Crippen LogP contribution in [0.4, 0.5) is 0 Å². The van der Waals surface area contributed by atoms with E-state index < -0.39 is 0 Å². The zero-order valence-corrected chi connectivity index (χ0v) is 10.1. The normalized spacial score (nSPS) is 7.50. The average molecular weight is 218 g/mol. The molecule has 0 fully saturated rings. The molecule has 0 spiro atoms. The highest BCUT2D eigenvalue weighted by atomic mass is 35.5. The van der Waals surface area contributed by atoms with Crippen LogP contribution < -0.4 is 6.15 Å². The molecule has 3 N–H and O–H groups in total. The van der Waals surface area contributed by atoms with Crippen molar-refractivity contribution in [2.45, 2.75) is 58.8 Å². The molecular formula is C9H25Cl2N. The number of unbranched alkanes of at least 4 members (excludes halogenated alkanes) is 6. The molecular weight excluding hydrogens is 193 g/mol. The minimum absolute atomic E-state index is 0. The minimum Gasteiger partial charge on any atom is -0.344 e. The van der Waals surface area contributed by atoms with Gasteiger partial charge in [-0.15, -0.1) is 24.8 Å². The Labute approximate surface area is 90.1 Å². The van der Waals surface area contributed by atoms with Crippen molar-refractivity contribution in [3.05, 3.63) is 0 Å². The topological polar surface area (TPSA) is 35.0 Å². The first-order valence-corrected chi connectivity index (χ1v) is 4.41. The van der Waals surface area contributed by atoms with E-state index in [9.17, 15) is 0 Å². The van der Waals surface area contributed by atoms with Gasteiger partial charge in [0.1, 0.15) is 0 Å². The molecule has 0 bridgehead atoms. The second-order valence-electron chi connectivity index (χ2n) is 2.77. The summed E-state index contributed by atoms with van der Waals surface area (Å²) in [6.07, 6.45) is 9.97. The number of hydrogen-bond acceptors (Lipinski definition) is 1. The van der Waals surface area contributed by atoms with Gasteiger partial charge in [-0.25, -0.2) is 0 Å². The molecule has 0 radical (unpaired) electrons. The molecule has 0 amide bonds. The maximum absolute atomic E-state index is 2.26. The fourth-order valence-electron chi connectivity index (χ4n) is 1.03. The fraction of sp³-hybridized carbons (Fsp3) is 1.00. The summed E-state index contributed by atoms with van der Waals surface area (Å²) >= 11 is 0. The van der Waals surface area contributed by atoms with Gasteiger partial charge in [-0.2, -0.15) is 0 Å². The average Bonchev–Trinajstić information content (AvgIpc) is 1.89.